The maximum absolute atomic E-state index is 13.9. The Morgan fingerprint density at radius 2 is 1.25 bits per heavy atom. The molecule has 1 heterocycles. The third kappa shape index (κ3) is 3.64. The van der Waals surface area contributed by atoms with Crippen molar-refractivity contribution in [2.45, 2.75) is 18.6 Å². The summed E-state index contributed by atoms with van der Waals surface area (Å²) in [5, 5.41) is 20.8. The number of phenolic OH excluding ortho intramolecular Hbond substituents is 2. The quantitative estimate of drug-likeness (QED) is 0.237. The Morgan fingerprint density at radius 1 is 0.812 bits per heavy atom. The predicted octanol–water partition coefficient (Wildman–Crippen LogP) is 6.40. The van der Waals surface area contributed by atoms with Crippen molar-refractivity contribution in [2.24, 2.45) is 0 Å². The van der Waals surface area contributed by atoms with Crippen LogP contribution in [0.5, 0.6) is 17.2 Å². The van der Waals surface area contributed by atoms with Gasteiger partial charge >= 0.3 is 10.1 Å². The van der Waals surface area contributed by atoms with Crippen LogP contribution in [-0.2, 0) is 14.9 Å². The fraction of sp³-hybridized carbons (Fsp3) is 0.143. The van der Waals surface area contributed by atoms with Crippen LogP contribution in [0.2, 0.25) is 0 Å². The molecule has 1 aliphatic rings. The van der Waals surface area contributed by atoms with Gasteiger partial charge in [-0.1, -0.05) is 18.2 Å². The van der Waals surface area contributed by atoms with Gasteiger partial charge in [0.2, 0.25) is 0 Å². The van der Waals surface area contributed by atoms with Crippen molar-refractivity contribution in [3.8, 4) is 17.2 Å². The van der Waals surface area contributed by atoms with Gasteiger partial charge in [0, 0.05) is 35.1 Å². The summed E-state index contributed by atoms with van der Waals surface area (Å²) >= 11 is 13.4. The van der Waals surface area contributed by atoms with Crippen molar-refractivity contribution in [1.82, 2.24) is 0 Å². The molecule has 1 aliphatic heterocycles. The van der Waals surface area contributed by atoms with Crippen molar-refractivity contribution in [3.63, 3.8) is 0 Å². The molecule has 0 aliphatic carbocycles. The Balaban J connectivity index is 0.00000289. The first-order valence-electron chi connectivity index (χ1n) is 8.84. The molecule has 0 bridgehead atoms. The van der Waals surface area contributed by atoms with Crippen LogP contribution in [-0.4, -0.2) is 48.2 Å². The molecule has 163 valence electrons. The normalized spacial score (nSPS) is 15.6. The van der Waals surface area contributed by atoms with Crippen LogP contribution < -0.4 is 4.18 Å². The first kappa shape index (κ1) is 26.5. The Hall–Kier alpha value is -0.0700. The molecule has 0 aromatic heterocycles. The SMILES string of the molecule is Cc1c(C2(c3cc(Br)c(O)c(Br)c3C)c3ccccc3OS2(=O)=O)cc(Br)c(O)c1Br.[Na]. The van der Waals surface area contributed by atoms with E-state index in [2.05, 4.69) is 63.7 Å². The summed E-state index contributed by atoms with van der Waals surface area (Å²) in [6.07, 6.45) is 0. The molecule has 5 nitrogen and oxygen atoms in total. The maximum Gasteiger partial charge on any atom is 0.328 e. The molecule has 3 aromatic carbocycles. The first-order valence-corrected chi connectivity index (χ1v) is 13.4. The van der Waals surface area contributed by atoms with Gasteiger partial charge in [0.25, 0.3) is 0 Å². The van der Waals surface area contributed by atoms with Crippen molar-refractivity contribution in [1.29, 1.82) is 0 Å². The molecule has 0 saturated heterocycles. The van der Waals surface area contributed by atoms with Gasteiger partial charge in [0.15, 0.2) is 4.75 Å². The van der Waals surface area contributed by atoms with Gasteiger partial charge in [-0.3, -0.25) is 0 Å². The second kappa shape index (κ2) is 9.18. The van der Waals surface area contributed by atoms with Crippen molar-refractivity contribution in [3.05, 3.63) is 82.1 Å². The number of phenols is 2. The van der Waals surface area contributed by atoms with Crippen LogP contribution in [0.3, 0.4) is 0 Å². The standard InChI is InChI=1S/C21H14Br4O5S.Na/c1-9-12(7-14(22)19(26)17(9)24)21(13-8-15(23)20(27)18(25)10(13)2)11-5-3-4-6-16(11)30-31(21,28)29;/h3-8,26-27H,1-2H3;. The molecule has 4 rings (SSSR count). The minimum Gasteiger partial charge on any atom is -0.506 e. The van der Waals surface area contributed by atoms with E-state index in [1.54, 1.807) is 50.2 Å². The summed E-state index contributed by atoms with van der Waals surface area (Å²) in [6.45, 7) is 3.45. The smallest absolute Gasteiger partial charge is 0.328 e. The zero-order valence-corrected chi connectivity index (χ0v) is 26.2. The van der Waals surface area contributed by atoms with E-state index in [0.29, 0.717) is 45.7 Å². The van der Waals surface area contributed by atoms with E-state index >= 15 is 0 Å². The van der Waals surface area contributed by atoms with Crippen LogP contribution in [0.4, 0.5) is 0 Å². The predicted molar refractivity (Wildman–Crippen MR) is 138 cm³/mol. The number of hydrogen-bond donors (Lipinski definition) is 2. The van der Waals surface area contributed by atoms with Gasteiger partial charge < -0.3 is 14.4 Å². The molecular formula is C21H14Br4NaO5S. The van der Waals surface area contributed by atoms with Crippen LogP contribution in [0.1, 0.15) is 27.8 Å². The second-order valence-corrected chi connectivity index (χ2v) is 12.1. The number of para-hydroxylation sites is 1. The van der Waals surface area contributed by atoms with E-state index in [1.165, 1.54) is 0 Å². The van der Waals surface area contributed by atoms with Gasteiger partial charge in [-0.2, -0.15) is 8.42 Å². The molecule has 11 heteroatoms. The molecule has 32 heavy (non-hydrogen) atoms. The van der Waals surface area contributed by atoms with Crippen LogP contribution in [0.15, 0.2) is 54.3 Å². The van der Waals surface area contributed by atoms with Gasteiger partial charge in [-0.15, -0.1) is 0 Å². The molecule has 0 fully saturated rings. The molecule has 0 amide bonds. The topological polar surface area (TPSA) is 83.8 Å². The molecule has 3 aromatic rings. The van der Waals surface area contributed by atoms with E-state index in [4.69, 9.17) is 4.18 Å². The molecule has 1 radical (unpaired) electrons. The number of fused-ring (bicyclic) bond motifs is 1. The van der Waals surface area contributed by atoms with Crippen LogP contribution in [0, 0.1) is 13.8 Å². The van der Waals surface area contributed by atoms with E-state index in [1.807, 2.05) is 0 Å². The van der Waals surface area contributed by atoms with Crippen LogP contribution in [0.25, 0.3) is 0 Å². The summed E-state index contributed by atoms with van der Waals surface area (Å²) < 4.78 is 32.9. The maximum atomic E-state index is 13.9. The Labute approximate surface area is 241 Å². The fourth-order valence-electron chi connectivity index (χ4n) is 3.99. The van der Waals surface area contributed by atoms with Crippen molar-refractivity contribution in [2.75, 3.05) is 0 Å². The minimum atomic E-state index is -4.30. The molecule has 0 unspecified atom stereocenters. The zero-order chi connectivity index (χ0) is 22.9. The van der Waals surface area contributed by atoms with E-state index in [0.717, 1.165) is 0 Å². The number of benzene rings is 3. The first-order chi connectivity index (χ1) is 14.4. The third-order valence-electron chi connectivity index (χ3n) is 5.48. The Kier molecular flexibility index (Phi) is 7.61. The average Bonchev–Trinajstić information content (AvgIpc) is 2.97. The van der Waals surface area contributed by atoms with Gasteiger partial charge in [0.05, 0.1) is 17.9 Å². The third-order valence-corrected chi connectivity index (χ3v) is 10.4. The molecule has 2 N–H and O–H groups in total. The largest absolute Gasteiger partial charge is 0.506 e. The fourth-order valence-corrected chi connectivity index (χ4v) is 8.14. The monoisotopic (exact) mass is 717 g/mol. The molecule has 0 saturated carbocycles. The number of aromatic hydroxyl groups is 2. The summed E-state index contributed by atoms with van der Waals surface area (Å²) in [7, 11) is -4.30. The van der Waals surface area contributed by atoms with Gasteiger partial charge in [0.1, 0.15) is 17.2 Å². The summed E-state index contributed by atoms with van der Waals surface area (Å²) in [6, 6.07) is 9.95. The number of hydrogen-bond acceptors (Lipinski definition) is 5. The Bertz CT molecular complexity index is 1310. The summed E-state index contributed by atoms with van der Waals surface area (Å²) in [4.78, 5) is 0. The summed E-state index contributed by atoms with van der Waals surface area (Å²) in [5.41, 5.74) is 2.31. The van der Waals surface area contributed by atoms with Gasteiger partial charge in [-0.25, -0.2) is 0 Å². The Morgan fingerprint density at radius 3 is 1.72 bits per heavy atom. The average molecular weight is 721 g/mol. The number of halogens is 4. The second-order valence-electron chi connectivity index (χ2n) is 7.10. The zero-order valence-electron chi connectivity index (χ0n) is 17.0. The van der Waals surface area contributed by atoms with E-state index in [9.17, 15) is 18.6 Å². The molecule has 0 atom stereocenters. The van der Waals surface area contributed by atoms with Crippen molar-refractivity contribution < 1.29 is 22.8 Å². The van der Waals surface area contributed by atoms with Crippen LogP contribution >= 0.6 is 63.7 Å². The summed E-state index contributed by atoms with van der Waals surface area (Å²) in [5.74, 6) is 0.151. The van der Waals surface area contributed by atoms with E-state index in [-0.39, 0.29) is 46.8 Å². The van der Waals surface area contributed by atoms with Gasteiger partial charge in [-0.05, 0) is 118 Å². The minimum absolute atomic E-state index is 0. The van der Waals surface area contributed by atoms with Crippen molar-refractivity contribution >= 4 is 103 Å². The molecule has 0 spiro atoms. The van der Waals surface area contributed by atoms with E-state index < -0.39 is 14.9 Å². The molecular weight excluding hydrogens is 707 g/mol. The number of rotatable bonds is 2.